The highest BCUT2D eigenvalue weighted by molar-refractivity contribution is 5.77. The molecule has 2 N–H and O–H groups in total. The first-order valence-corrected chi connectivity index (χ1v) is 8.38. The number of carbonyl (C=O) groups excluding carboxylic acids is 1. The van der Waals surface area contributed by atoms with E-state index in [1.54, 1.807) is 0 Å². The van der Waals surface area contributed by atoms with Crippen molar-refractivity contribution in [3.63, 3.8) is 0 Å². The third kappa shape index (κ3) is 3.39. The maximum Gasteiger partial charge on any atom is 0.223 e. The van der Waals surface area contributed by atoms with Gasteiger partial charge in [0, 0.05) is 25.2 Å². The van der Waals surface area contributed by atoms with Crippen LogP contribution in [0.1, 0.15) is 56.1 Å². The van der Waals surface area contributed by atoms with Crippen LogP contribution in [0.3, 0.4) is 0 Å². The maximum atomic E-state index is 12.6. The molecule has 1 aromatic carbocycles. The van der Waals surface area contributed by atoms with Crippen molar-refractivity contribution in [1.82, 2.24) is 4.90 Å². The molecule has 1 saturated carbocycles. The molecule has 2 aliphatic rings. The Morgan fingerprint density at radius 1 is 1.19 bits per heavy atom. The fraction of sp³-hybridized carbons (Fsp3) is 0.611. The second kappa shape index (κ2) is 6.50. The number of carbonyl (C=O) groups is 1. The van der Waals surface area contributed by atoms with Gasteiger partial charge in [0.25, 0.3) is 0 Å². The molecular formula is C18H26N2O. The van der Waals surface area contributed by atoms with Crippen LogP contribution < -0.4 is 5.73 Å². The lowest BCUT2D eigenvalue weighted by atomic mass is 9.94. The molecule has 0 atom stereocenters. The lowest BCUT2D eigenvalue weighted by Gasteiger charge is -2.31. The van der Waals surface area contributed by atoms with Gasteiger partial charge in [0.05, 0.1) is 0 Å². The van der Waals surface area contributed by atoms with E-state index in [4.69, 9.17) is 5.73 Å². The van der Waals surface area contributed by atoms with Crippen molar-refractivity contribution in [3.8, 4) is 0 Å². The van der Waals surface area contributed by atoms with Gasteiger partial charge in [0.1, 0.15) is 0 Å². The Hall–Kier alpha value is -1.51. The Bertz CT molecular complexity index is 504. The summed E-state index contributed by atoms with van der Waals surface area (Å²) in [6.45, 7) is 1.55. The number of rotatable bonds is 2. The highest BCUT2D eigenvalue weighted by atomic mass is 16.2. The molecule has 0 bridgehead atoms. The monoisotopic (exact) mass is 286 g/mol. The Kier molecular flexibility index (Phi) is 4.47. The quantitative estimate of drug-likeness (QED) is 0.668. The van der Waals surface area contributed by atoms with Crippen LogP contribution >= 0.6 is 0 Å². The minimum atomic E-state index is 0.329. The average molecular weight is 286 g/mol. The molecule has 0 aromatic heterocycles. The minimum Gasteiger partial charge on any atom is -0.398 e. The number of hydrogen-bond donors (Lipinski definition) is 1. The predicted molar refractivity (Wildman–Crippen MR) is 85.8 cm³/mol. The van der Waals surface area contributed by atoms with Crippen LogP contribution in [0.5, 0.6) is 0 Å². The normalized spacial score (nSPS) is 19.9. The zero-order valence-corrected chi connectivity index (χ0v) is 12.8. The second-order valence-corrected chi connectivity index (χ2v) is 6.61. The number of anilines is 1. The maximum absolute atomic E-state index is 12.6. The Labute approximate surface area is 127 Å². The van der Waals surface area contributed by atoms with Crippen molar-refractivity contribution in [2.45, 2.75) is 57.9 Å². The number of nitrogen functional groups attached to an aromatic ring is 1. The molecule has 1 aliphatic heterocycles. The molecule has 0 unspecified atom stereocenters. The lowest BCUT2D eigenvalue weighted by Crippen LogP contribution is -2.37. The van der Waals surface area contributed by atoms with Crippen LogP contribution in [0.25, 0.3) is 0 Å². The second-order valence-electron chi connectivity index (χ2n) is 6.61. The highest BCUT2D eigenvalue weighted by Crippen LogP contribution is 2.28. The summed E-state index contributed by atoms with van der Waals surface area (Å²) in [6, 6.07) is 6.09. The molecule has 1 amide bonds. The zero-order valence-electron chi connectivity index (χ0n) is 12.8. The third-order valence-corrected chi connectivity index (χ3v) is 5.10. The smallest absolute Gasteiger partial charge is 0.223 e. The van der Waals surface area contributed by atoms with E-state index in [1.807, 2.05) is 17.0 Å². The molecule has 3 rings (SSSR count). The molecule has 114 valence electrons. The first-order valence-electron chi connectivity index (χ1n) is 8.38. The van der Waals surface area contributed by atoms with E-state index in [0.717, 1.165) is 30.6 Å². The van der Waals surface area contributed by atoms with E-state index in [0.29, 0.717) is 18.4 Å². The summed E-state index contributed by atoms with van der Waals surface area (Å²) < 4.78 is 0. The number of hydrogen-bond acceptors (Lipinski definition) is 2. The summed E-state index contributed by atoms with van der Waals surface area (Å²) in [5.74, 6) is 0.935. The predicted octanol–water partition coefficient (Wildman–Crippen LogP) is 3.51. The van der Waals surface area contributed by atoms with E-state index in [2.05, 4.69) is 6.07 Å². The number of nitrogens with zero attached hydrogens (tertiary/aromatic N) is 1. The van der Waals surface area contributed by atoms with Crippen LogP contribution in [-0.4, -0.2) is 17.4 Å². The van der Waals surface area contributed by atoms with Crippen LogP contribution in [-0.2, 0) is 17.8 Å². The van der Waals surface area contributed by atoms with Gasteiger partial charge in [0.2, 0.25) is 5.91 Å². The van der Waals surface area contributed by atoms with Gasteiger partial charge in [-0.1, -0.05) is 37.8 Å². The number of fused-ring (bicyclic) bond motifs is 1. The van der Waals surface area contributed by atoms with E-state index in [1.165, 1.54) is 44.1 Å². The van der Waals surface area contributed by atoms with E-state index in [9.17, 15) is 4.79 Å². The van der Waals surface area contributed by atoms with E-state index < -0.39 is 0 Å². The summed E-state index contributed by atoms with van der Waals surface area (Å²) in [6.07, 6.45) is 9.44. The molecule has 0 spiro atoms. The van der Waals surface area contributed by atoms with Gasteiger partial charge in [-0.25, -0.2) is 0 Å². The fourth-order valence-corrected chi connectivity index (χ4v) is 3.76. The van der Waals surface area contributed by atoms with Gasteiger partial charge in [-0.05, 0) is 42.4 Å². The molecule has 0 radical (unpaired) electrons. The van der Waals surface area contributed by atoms with Crippen molar-refractivity contribution in [2.75, 3.05) is 12.3 Å². The van der Waals surface area contributed by atoms with Gasteiger partial charge in [0.15, 0.2) is 0 Å². The molecule has 1 fully saturated rings. The number of amides is 1. The van der Waals surface area contributed by atoms with Crippen LogP contribution in [0.15, 0.2) is 18.2 Å². The minimum absolute atomic E-state index is 0.329. The zero-order chi connectivity index (χ0) is 14.7. The highest BCUT2D eigenvalue weighted by Gasteiger charge is 2.24. The fourth-order valence-electron chi connectivity index (χ4n) is 3.76. The Morgan fingerprint density at radius 3 is 2.71 bits per heavy atom. The molecular weight excluding hydrogens is 260 g/mol. The summed E-state index contributed by atoms with van der Waals surface area (Å²) in [4.78, 5) is 14.6. The van der Waals surface area contributed by atoms with Gasteiger partial charge < -0.3 is 10.6 Å². The molecule has 3 nitrogen and oxygen atoms in total. The van der Waals surface area contributed by atoms with Crippen molar-refractivity contribution in [1.29, 1.82) is 0 Å². The van der Waals surface area contributed by atoms with Crippen LogP contribution in [0.4, 0.5) is 5.69 Å². The SMILES string of the molecule is Nc1cccc2c1CN(C(=O)CC1CCCCCC1)CC2. The van der Waals surface area contributed by atoms with E-state index >= 15 is 0 Å². The summed E-state index contributed by atoms with van der Waals surface area (Å²) in [5, 5.41) is 0. The Morgan fingerprint density at radius 2 is 1.95 bits per heavy atom. The number of nitrogens with two attached hydrogens (primary N) is 1. The molecule has 0 saturated heterocycles. The van der Waals surface area contributed by atoms with Gasteiger partial charge in [-0.15, -0.1) is 0 Å². The summed E-state index contributed by atoms with van der Waals surface area (Å²) >= 11 is 0. The third-order valence-electron chi connectivity index (χ3n) is 5.10. The molecule has 21 heavy (non-hydrogen) atoms. The average Bonchev–Trinajstić information content (AvgIpc) is 2.76. The summed E-state index contributed by atoms with van der Waals surface area (Å²) in [5.41, 5.74) is 9.38. The van der Waals surface area contributed by atoms with Crippen LogP contribution in [0.2, 0.25) is 0 Å². The molecule has 1 aliphatic carbocycles. The topological polar surface area (TPSA) is 46.3 Å². The van der Waals surface area contributed by atoms with Crippen molar-refractivity contribution < 1.29 is 4.79 Å². The first-order chi connectivity index (χ1) is 10.2. The van der Waals surface area contributed by atoms with Crippen molar-refractivity contribution in [3.05, 3.63) is 29.3 Å². The number of benzene rings is 1. The lowest BCUT2D eigenvalue weighted by molar-refractivity contribution is -0.133. The Balaban J connectivity index is 1.62. The van der Waals surface area contributed by atoms with Gasteiger partial charge >= 0.3 is 0 Å². The van der Waals surface area contributed by atoms with Crippen molar-refractivity contribution in [2.24, 2.45) is 5.92 Å². The summed E-state index contributed by atoms with van der Waals surface area (Å²) in [7, 11) is 0. The first kappa shape index (κ1) is 14.4. The molecule has 3 heteroatoms. The van der Waals surface area contributed by atoms with Gasteiger partial charge in [-0.2, -0.15) is 0 Å². The van der Waals surface area contributed by atoms with E-state index in [-0.39, 0.29) is 0 Å². The van der Waals surface area contributed by atoms with Crippen molar-refractivity contribution >= 4 is 11.6 Å². The molecule has 1 heterocycles. The molecule has 1 aromatic rings. The largest absolute Gasteiger partial charge is 0.398 e. The van der Waals surface area contributed by atoms with Crippen LogP contribution in [0, 0.1) is 5.92 Å². The van der Waals surface area contributed by atoms with Gasteiger partial charge in [-0.3, -0.25) is 4.79 Å². The standard InChI is InChI=1S/C18H26N2O/c19-17-9-5-8-15-10-11-20(13-16(15)17)18(21)12-14-6-3-1-2-4-7-14/h5,8-9,14H,1-4,6-7,10-13,19H2.